The predicted octanol–water partition coefficient (Wildman–Crippen LogP) is 3.77. The summed E-state index contributed by atoms with van der Waals surface area (Å²) in [7, 11) is 5.89. The number of likely N-dealkylation sites (tertiary alicyclic amines) is 2. The third-order valence-corrected chi connectivity index (χ3v) is 12.7. The Hall–Kier alpha value is -3.04. The van der Waals surface area contributed by atoms with Crippen molar-refractivity contribution in [1.82, 2.24) is 29.8 Å². The number of aryl methyl sites for hydroxylation is 1. The van der Waals surface area contributed by atoms with Crippen LogP contribution in [-0.4, -0.2) is 77.7 Å². The van der Waals surface area contributed by atoms with E-state index in [0.29, 0.717) is 24.1 Å². The van der Waals surface area contributed by atoms with Gasteiger partial charge >= 0.3 is 5.91 Å². The Kier molecular flexibility index (Phi) is 7.09. The maximum atomic E-state index is 14.9. The summed E-state index contributed by atoms with van der Waals surface area (Å²) < 4.78 is 1.71. The Morgan fingerprint density at radius 2 is 1.86 bits per heavy atom. The van der Waals surface area contributed by atoms with Crippen molar-refractivity contribution in [1.29, 1.82) is 0 Å². The average Bonchev–Trinajstić information content (AvgIpc) is 3.24. The lowest BCUT2D eigenvalue weighted by molar-refractivity contribution is -0.140. The fourth-order valence-corrected chi connectivity index (χ4v) is 9.39. The Balaban J connectivity index is 1.24. The maximum Gasteiger partial charge on any atom is 0.341 e. The van der Waals surface area contributed by atoms with Gasteiger partial charge < -0.3 is 15.5 Å². The first-order chi connectivity index (χ1) is 21.0. The number of benzene rings is 1. The molecule has 44 heavy (non-hydrogen) atoms. The zero-order valence-corrected chi connectivity index (χ0v) is 27.0. The van der Waals surface area contributed by atoms with Crippen molar-refractivity contribution in [3.05, 3.63) is 47.8 Å². The van der Waals surface area contributed by atoms with Gasteiger partial charge in [-0.1, -0.05) is 44.7 Å². The van der Waals surface area contributed by atoms with Gasteiger partial charge in [0.05, 0.1) is 12.5 Å². The number of nitrogens with zero attached hydrogens (tertiary/aromatic N) is 4. The van der Waals surface area contributed by atoms with Crippen LogP contribution < -0.4 is 15.1 Å². The Labute approximate surface area is 261 Å². The lowest BCUT2D eigenvalue weighted by Gasteiger charge is -2.49. The van der Waals surface area contributed by atoms with E-state index in [-0.39, 0.29) is 45.6 Å². The molecule has 0 bridgehead atoms. The second kappa shape index (κ2) is 10.5. The fraction of sp³-hybridized carbons (Fsp3) is 0.657. The van der Waals surface area contributed by atoms with Crippen LogP contribution in [-0.2, 0) is 22.1 Å². The number of piperidine rings is 1. The summed E-state index contributed by atoms with van der Waals surface area (Å²) in [5.74, 6) is 1.04. The topological polar surface area (TPSA) is 96.3 Å². The van der Waals surface area contributed by atoms with Gasteiger partial charge in [-0.05, 0) is 69.3 Å². The van der Waals surface area contributed by atoms with Crippen molar-refractivity contribution in [2.75, 3.05) is 27.2 Å². The lowest BCUT2D eigenvalue weighted by Crippen LogP contribution is -2.69. The summed E-state index contributed by atoms with van der Waals surface area (Å²) in [6.45, 7) is 5.99. The van der Waals surface area contributed by atoms with Gasteiger partial charge in [0.15, 0.2) is 0 Å². The van der Waals surface area contributed by atoms with Crippen molar-refractivity contribution in [3.8, 4) is 0 Å². The number of carbonyl (C=O) groups is 3. The van der Waals surface area contributed by atoms with Gasteiger partial charge in [0.25, 0.3) is 5.91 Å². The molecule has 3 amide bonds. The SMILES string of the molecule is CC(NC(=O)C1(c2cccc([N+]3(C)C(=O)[C@@H](NC(=O)c4ccnn4C)C(C4CCC4)C4(C)CC43)c2)CCN(C)C1)C1CCC1. The number of fused-ring (bicyclic) bond motifs is 1. The molecular weight excluding hydrogens is 552 g/mol. The predicted molar refractivity (Wildman–Crippen MR) is 170 cm³/mol. The van der Waals surface area contributed by atoms with E-state index in [2.05, 4.69) is 59.7 Å². The molecule has 236 valence electrons. The minimum atomic E-state index is -0.658. The number of nitrogens with one attached hydrogen (secondary N) is 2. The molecule has 0 radical (unpaired) electrons. The van der Waals surface area contributed by atoms with Crippen molar-refractivity contribution < 1.29 is 14.4 Å². The van der Waals surface area contributed by atoms with Crippen molar-refractivity contribution in [3.63, 3.8) is 0 Å². The highest BCUT2D eigenvalue weighted by atomic mass is 16.2. The fourth-order valence-electron chi connectivity index (χ4n) is 9.39. The van der Waals surface area contributed by atoms with E-state index in [1.165, 1.54) is 25.7 Å². The molecule has 5 fully saturated rings. The zero-order valence-electron chi connectivity index (χ0n) is 27.0. The van der Waals surface area contributed by atoms with Gasteiger partial charge in [0, 0.05) is 49.7 Å². The largest absolute Gasteiger partial charge is 0.353 e. The number of carbonyl (C=O) groups excluding carboxylic acids is 3. The van der Waals surface area contributed by atoms with Gasteiger partial charge in [-0.2, -0.15) is 5.10 Å². The summed E-state index contributed by atoms with van der Waals surface area (Å²) in [5, 5.41) is 10.8. The van der Waals surface area contributed by atoms with Crippen LogP contribution in [0.25, 0.3) is 0 Å². The van der Waals surface area contributed by atoms with Crippen LogP contribution >= 0.6 is 0 Å². The molecule has 1 aromatic heterocycles. The molecule has 9 heteroatoms. The highest BCUT2D eigenvalue weighted by Gasteiger charge is 2.75. The van der Waals surface area contributed by atoms with Crippen molar-refractivity contribution >= 4 is 23.4 Å². The monoisotopic (exact) mass is 601 g/mol. The second-order valence-corrected chi connectivity index (χ2v) is 15.2. The third-order valence-electron chi connectivity index (χ3n) is 12.7. The van der Waals surface area contributed by atoms with Gasteiger partial charge in [-0.25, -0.2) is 9.28 Å². The molecule has 1 aromatic carbocycles. The van der Waals surface area contributed by atoms with Crippen LogP contribution in [0.2, 0.25) is 0 Å². The van der Waals surface area contributed by atoms with Crippen LogP contribution in [0.4, 0.5) is 5.69 Å². The Morgan fingerprint density at radius 1 is 1.11 bits per heavy atom. The number of aromatic nitrogens is 2. The molecule has 2 saturated heterocycles. The minimum absolute atomic E-state index is 0.0466. The van der Waals surface area contributed by atoms with Crippen LogP contribution in [0.3, 0.4) is 0 Å². The van der Waals surface area contributed by atoms with Crippen LogP contribution in [0.1, 0.15) is 81.3 Å². The number of amides is 3. The quantitative estimate of drug-likeness (QED) is 0.450. The van der Waals surface area contributed by atoms with E-state index >= 15 is 0 Å². The summed E-state index contributed by atoms with van der Waals surface area (Å²) in [6, 6.07) is 9.75. The third kappa shape index (κ3) is 4.40. The van der Waals surface area contributed by atoms with E-state index in [4.69, 9.17) is 0 Å². The highest BCUT2D eigenvalue weighted by molar-refractivity contribution is 6.01. The molecule has 3 aliphatic carbocycles. The first-order valence-electron chi connectivity index (χ1n) is 16.8. The van der Waals surface area contributed by atoms with E-state index in [1.807, 2.05) is 13.1 Å². The number of hydrogen-bond donors (Lipinski definition) is 2. The molecule has 2 aromatic rings. The maximum absolute atomic E-state index is 14.9. The molecule has 0 spiro atoms. The number of rotatable bonds is 8. The molecule has 6 unspecified atom stereocenters. The first kappa shape index (κ1) is 29.7. The summed E-state index contributed by atoms with van der Waals surface area (Å²) in [5.41, 5.74) is 1.66. The molecule has 2 N–H and O–H groups in total. The summed E-state index contributed by atoms with van der Waals surface area (Å²) in [6.07, 6.45) is 10.3. The van der Waals surface area contributed by atoms with E-state index in [9.17, 15) is 14.4 Å². The van der Waals surface area contributed by atoms with Crippen molar-refractivity contribution in [2.24, 2.45) is 30.2 Å². The van der Waals surface area contributed by atoms with Crippen LogP contribution in [0, 0.1) is 23.2 Å². The smallest absolute Gasteiger partial charge is 0.341 e. The normalized spacial score (nSPS) is 36.2. The Bertz CT molecular complexity index is 1480. The van der Waals surface area contributed by atoms with Crippen LogP contribution in [0.15, 0.2) is 36.5 Å². The van der Waals surface area contributed by atoms with Crippen molar-refractivity contribution in [2.45, 2.75) is 88.8 Å². The number of quaternary nitrogens is 1. The van der Waals surface area contributed by atoms with Gasteiger partial charge in [-0.15, -0.1) is 0 Å². The molecule has 2 aliphatic heterocycles. The molecule has 3 heterocycles. The zero-order chi connectivity index (χ0) is 31.0. The average molecular weight is 602 g/mol. The van der Waals surface area contributed by atoms with Crippen LogP contribution in [0.5, 0.6) is 0 Å². The number of likely N-dealkylation sites (N-methyl/N-ethyl adjacent to an activating group) is 2. The molecule has 5 aliphatic rings. The lowest BCUT2D eigenvalue weighted by atomic mass is 9.64. The summed E-state index contributed by atoms with van der Waals surface area (Å²) in [4.78, 5) is 44.8. The molecular formula is C35H49N6O3+. The van der Waals surface area contributed by atoms with Gasteiger partial charge in [0.1, 0.15) is 23.5 Å². The molecule has 9 nitrogen and oxygen atoms in total. The van der Waals surface area contributed by atoms with E-state index < -0.39 is 11.5 Å². The Morgan fingerprint density at radius 3 is 2.45 bits per heavy atom. The first-order valence-corrected chi connectivity index (χ1v) is 16.8. The van der Waals surface area contributed by atoms with E-state index in [1.54, 1.807) is 24.0 Å². The molecule has 7 rings (SSSR count). The number of hydrogen-bond acceptors (Lipinski definition) is 5. The minimum Gasteiger partial charge on any atom is -0.353 e. The van der Waals surface area contributed by atoms with E-state index in [0.717, 1.165) is 43.5 Å². The standard InChI is InChI=1S/C35H48N6O3/c1-22(23-9-6-10-23)37-33(44)35(16-18-39(3)21-35)25-13-8-14-26(19-25)41(5)28-20-34(28,2)29(24-11-7-12-24)30(32(41)43)38-31(42)27-15-17-36-40(27)4/h8,13-15,17,19,22-24,28-30H,6-7,9-12,16,18,20-21H2,1-5H3,(H-,37,38,42,44)/p+1/t22?,28?,29?,30-,34?,35?,41?/m0/s1. The summed E-state index contributed by atoms with van der Waals surface area (Å²) >= 11 is 0. The van der Waals surface area contributed by atoms with Gasteiger partial charge in [-0.3, -0.25) is 14.3 Å². The second-order valence-electron chi connectivity index (χ2n) is 15.2. The highest BCUT2D eigenvalue weighted by Crippen LogP contribution is 2.66. The molecule has 7 atom stereocenters. The molecule has 3 saturated carbocycles. The van der Waals surface area contributed by atoms with Gasteiger partial charge in [0.2, 0.25) is 5.91 Å².